The third-order valence-electron chi connectivity index (χ3n) is 3.23. The van der Waals surface area contributed by atoms with Crippen LogP contribution in [0.15, 0.2) is 42.7 Å². The SMILES string of the molecule is CC(C)c1n(Cc2ccccc2)cc[n+]1C(C)C. The third-order valence-corrected chi connectivity index (χ3v) is 3.23. The molecule has 1 heterocycles. The highest BCUT2D eigenvalue weighted by molar-refractivity contribution is 5.15. The van der Waals surface area contributed by atoms with Crippen LogP contribution < -0.4 is 4.57 Å². The molecule has 0 aliphatic rings. The smallest absolute Gasteiger partial charge is 0.232 e. The molecule has 2 rings (SSSR count). The molecule has 0 spiro atoms. The Bertz CT molecular complexity index is 495. The van der Waals surface area contributed by atoms with E-state index in [1.165, 1.54) is 11.4 Å². The van der Waals surface area contributed by atoms with Gasteiger partial charge in [0.2, 0.25) is 0 Å². The first-order valence-corrected chi connectivity index (χ1v) is 6.73. The summed E-state index contributed by atoms with van der Waals surface area (Å²) >= 11 is 0. The van der Waals surface area contributed by atoms with E-state index in [1.807, 2.05) is 0 Å². The highest BCUT2D eigenvalue weighted by atomic mass is 15.2. The van der Waals surface area contributed by atoms with Crippen LogP contribution in [0.25, 0.3) is 0 Å². The van der Waals surface area contributed by atoms with E-state index in [1.54, 1.807) is 0 Å². The molecule has 0 saturated carbocycles. The minimum atomic E-state index is 0.513. The highest BCUT2D eigenvalue weighted by Gasteiger charge is 2.22. The molecule has 2 nitrogen and oxygen atoms in total. The van der Waals surface area contributed by atoms with Crippen LogP contribution in [0, 0.1) is 0 Å². The van der Waals surface area contributed by atoms with E-state index in [-0.39, 0.29) is 0 Å². The predicted octanol–water partition coefficient (Wildman–Crippen LogP) is 3.53. The number of imidazole rings is 1. The number of benzene rings is 1. The zero-order valence-corrected chi connectivity index (χ0v) is 11.8. The van der Waals surface area contributed by atoms with Crippen LogP contribution in [-0.4, -0.2) is 4.57 Å². The summed E-state index contributed by atoms with van der Waals surface area (Å²) in [5.74, 6) is 1.93. The quantitative estimate of drug-likeness (QED) is 0.726. The van der Waals surface area contributed by atoms with Gasteiger partial charge in [-0.3, -0.25) is 0 Å². The first-order valence-electron chi connectivity index (χ1n) is 6.73. The minimum absolute atomic E-state index is 0.513. The Morgan fingerprint density at radius 2 is 1.72 bits per heavy atom. The minimum Gasteiger partial charge on any atom is -0.232 e. The first kappa shape index (κ1) is 12.9. The molecule has 2 heteroatoms. The molecule has 0 saturated heterocycles. The van der Waals surface area contributed by atoms with Crippen molar-refractivity contribution in [1.29, 1.82) is 0 Å². The van der Waals surface area contributed by atoms with Gasteiger partial charge in [0.05, 0.1) is 12.0 Å². The van der Waals surface area contributed by atoms with E-state index < -0.39 is 0 Å². The average Bonchev–Trinajstić information content (AvgIpc) is 2.74. The van der Waals surface area contributed by atoms with E-state index in [0.717, 1.165) is 6.54 Å². The maximum absolute atomic E-state index is 2.37. The fraction of sp³-hybridized carbons (Fsp3) is 0.438. The number of aromatic nitrogens is 2. The van der Waals surface area contributed by atoms with Gasteiger partial charge in [-0.2, -0.15) is 0 Å². The van der Waals surface area contributed by atoms with E-state index in [0.29, 0.717) is 12.0 Å². The van der Waals surface area contributed by atoms with Gasteiger partial charge in [0, 0.05) is 0 Å². The zero-order valence-electron chi connectivity index (χ0n) is 11.8. The summed E-state index contributed by atoms with van der Waals surface area (Å²) in [5, 5.41) is 0. The lowest BCUT2D eigenvalue weighted by Crippen LogP contribution is -2.40. The molecule has 0 radical (unpaired) electrons. The lowest BCUT2D eigenvalue weighted by molar-refractivity contribution is -0.723. The van der Waals surface area contributed by atoms with Crippen LogP contribution >= 0.6 is 0 Å². The second-order valence-electron chi connectivity index (χ2n) is 5.43. The molecule has 0 unspecified atom stereocenters. The molecule has 0 aliphatic carbocycles. The number of hydrogen-bond donors (Lipinski definition) is 0. The summed E-state index contributed by atoms with van der Waals surface area (Å²) in [6, 6.07) is 11.2. The predicted molar refractivity (Wildman–Crippen MR) is 74.6 cm³/mol. The molecule has 1 aromatic heterocycles. The largest absolute Gasteiger partial charge is 0.259 e. The summed E-state index contributed by atoms with van der Waals surface area (Å²) < 4.78 is 4.73. The zero-order chi connectivity index (χ0) is 13.1. The van der Waals surface area contributed by atoms with E-state index >= 15 is 0 Å². The Balaban J connectivity index is 2.34. The molecule has 2 aromatic rings. The lowest BCUT2D eigenvalue weighted by atomic mass is 10.1. The van der Waals surface area contributed by atoms with Crippen molar-refractivity contribution in [3.63, 3.8) is 0 Å². The maximum atomic E-state index is 2.37. The normalized spacial score (nSPS) is 11.4. The Kier molecular flexibility index (Phi) is 3.85. The monoisotopic (exact) mass is 243 g/mol. The van der Waals surface area contributed by atoms with Crippen LogP contribution in [0.4, 0.5) is 0 Å². The molecular weight excluding hydrogens is 220 g/mol. The summed E-state index contributed by atoms with van der Waals surface area (Å²) in [7, 11) is 0. The molecule has 0 aliphatic heterocycles. The fourth-order valence-electron chi connectivity index (χ4n) is 2.43. The molecule has 0 fully saturated rings. The van der Waals surface area contributed by atoms with Gasteiger partial charge in [0.15, 0.2) is 0 Å². The van der Waals surface area contributed by atoms with Crippen molar-refractivity contribution in [1.82, 2.24) is 4.57 Å². The number of hydrogen-bond acceptors (Lipinski definition) is 0. The highest BCUT2D eigenvalue weighted by Crippen LogP contribution is 2.14. The first-order chi connectivity index (χ1) is 8.59. The van der Waals surface area contributed by atoms with Gasteiger partial charge in [0.1, 0.15) is 18.9 Å². The van der Waals surface area contributed by atoms with Crippen molar-refractivity contribution in [2.24, 2.45) is 0 Å². The van der Waals surface area contributed by atoms with Gasteiger partial charge in [-0.05, 0) is 19.4 Å². The van der Waals surface area contributed by atoms with Gasteiger partial charge in [-0.15, -0.1) is 0 Å². The third kappa shape index (κ3) is 2.63. The lowest BCUT2D eigenvalue weighted by Gasteiger charge is -2.10. The van der Waals surface area contributed by atoms with E-state index in [9.17, 15) is 0 Å². The number of rotatable bonds is 4. The van der Waals surface area contributed by atoms with E-state index in [4.69, 9.17) is 0 Å². The molecule has 1 aromatic carbocycles. The van der Waals surface area contributed by atoms with Gasteiger partial charge < -0.3 is 0 Å². The second kappa shape index (κ2) is 5.38. The standard InChI is InChI=1S/C16H23N2/c1-13(2)16-17(10-11-18(16)14(3)4)12-15-8-6-5-7-9-15/h5-11,13-14H,12H2,1-4H3/q+1. The molecular formula is C16H23N2+. The maximum Gasteiger partial charge on any atom is 0.259 e. The van der Waals surface area contributed by atoms with E-state index in [2.05, 4.69) is 79.6 Å². The summed E-state index contributed by atoms with van der Waals surface area (Å²) in [4.78, 5) is 0. The summed E-state index contributed by atoms with van der Waals surface area (Å²) in [6.07, 6.45) is 4.39. The van der Waals surface area contributed by atoms with Gasteiger partial charge >= 0.3 is 0 Å². The molecule has 96 valence electrons. The summed E-state index contributed by atoms with van der Waals surface area (Å²) in [5.41, 5.74) is 1.35. The van der Waals surface area contributed by atoms with Crippen LogP contribution in [0.2, 0.25) is 0 Å². The van der Waals surface area contributed by atoms with Crippen molar-refractivity contribution >= 4 is 0 Å². The van der Waals surface area contributed by atoms with Gasteiger partial charge in [-0.1, -0.05) is 44.2 Å². The number of nitrogens with zero attached hydrogens (tertiary/aromatic N) is 2. The molecule has 0 atom stereocenters. The molecule has 0 bridgehead atoms. The van der Waals surface area contributed by atoms with Crippen LogP contribution in [0.3, 0.4) is 0 Å². The average molecular weight is 243 g/mol. The van der Waals surface area contributed by atoms with Gasteiger partial charge in [-0.25, -0.2) is 9.13 Å². The van der Waals surface area contributed by atoms with Crippen molar-refractivity contribution in [3.8, 4) is 0 Å². The Hall–Kier alpha value is -1.57. The van der Waals surface area contributed by atoms with Crippen LogP contribution in [0.5, 0.6) is 0 Å². The topological polar surface area (TPSA) is 8.81 Å². The van der Waals surface area contributed by atoms with Gasteiger partial charge in [0.25, 0.3) is 5.82 Å². The Morgan fingerprint density at radius 3 is 2.28 bits per heavy atom. The Labute approximate surface area is 110 Å². The van der Waals surface area contributed by atoms with Crippen LogP contribution in [0.1, 0.15) is 51.0 Å². The fourth-order valence-corrected chi connectivity index (χ4v) is 2.43. The summed E-state index contributed by atoms with van der Waals surface area (Å²) in [6.45, 7) is 9.94. The molecule has 0 N–H and O–H groups in total. The van der Waals surface area contributed by atoms with Crippen molar-refractivity contribution in [2.75, 3.05) is 0 Å². The second-order valence-corrected chi connectivity index (χ2v) is 5.43. The molecule has 18 heavy (non-hydrogen) atoms. The Morgan fingerprint density at radius 1 is 1.06 bits per heavy atom. The van der Waals surface area contributed by atoms with Crippen molar-refractivity contribution < 1.29 is 4.57 Å². The van der Waals surface area contributed by atoms with Crippen molar-refractivity contribution in [2.45, 2.75) is 46.2 Å². The molecule has 0 amide bonds. The van der Waals surface area contributed by atoms with Crippen LogP contribution in [-0.2, 0) is 6.54 Å². The van der Waals surface area contributed by atoms with Crippen molar-refractivity contribution in [3.05, 3.63) is 54.1 Å².